The van der Waals surface area contributed by atoms with E-state index in [9.17, 15) is 0 Å². The lowest BCUT2D eigenvalue weighted by Crippen LogP contribution is -2.41. The quantitative estimate of drug-likeness (QED) is 0.679. The van der Waals surface area contributed by atoms with Gasteiger partial charge in [-0.15, -0.1) is 0 Å². The van der Waals surface area contributed by atoms with Gasteiger partial charge in [-0.3, -0.25) is 4.90 Å². The fraction of sp³-hybridized carbons (Fsp3) is 0.375. The summed E-state index contributed by atoms with van der Waals surface area (Å²) in [5, 5.41) is 3.95. The van der Waals surface area contributed by atoms with Gasteiger partial charge in [0, 0.05) is 25.2 Å². The van der Waals surface area contributed by atoms with Crippen molar-refractivity contribution in [1.29, 1.82) is 0 Å². The molecular weight excluding hydrogens is 319 g/mol. The molecule has 1 aromatic carbocycles. The van der Waals surface area contributed by atoms with E-state index in [-0.39, 0.29) is 5.28 Å². The van der Waals surface area contributed by atoms with E-state index in [4.69, 9.17) is 23.2 Å². The molecule has 4 nitrogen and oxygen atoms in total. The minimum atomic E-state index is 0.173. The number of aromatic nitrogens is 2. The maximum atomic E-state index is 5.92. The Morgan fingerprint density at radius 3 is 2.77 bits per heavy atom. The highest BCUT2D eigenvalue weighted by molar-refractivity contribution is 6.32. The first-order valence-electron chi connectivity index (χ1n) is 7.42. The topological polar surface area (TPSA) is 41.0 Å². The zero-order chi connectivity index (χ0) is 15.4. The molecule has 0 bridgehead atoms. The Balaban J connectivity index is 1.60. The second-order valence-electron chi connectivity index (χ2n) is 5.55. The van der Waals surface area contributed by atoms with Gasteiger partial charge >= 0.3 is 0 Å². The lowest BCUT2D eigenvalue weighted by atomic mass is 10.0. The van der Waals surface area contributed by atoms with E-state index in [0.717, 1.165) is 32.5 Å². The van der Waals surface area contributed by atoms with Crippen LogP contribution in [0.15, 0.2) is 36.4 Å². The van der Waals surface area contributed by atoms with Crippen LogP contribution in [-0.4, -0.2) is 34.0 Å². The van der Waals surface area contributed by atoms with Gasteiger partial charge in [0.25, 0.3) is 0 Å². The van der Waals surface area contributed by atoms with E-state index >= 15 is 0 Å². The molecule has 0 saturated carbocycles. The molecule has 0 spiro atoms. The maximum Gasteiger partial charge on any atom is 0.225 e. The van der Waals surface area contributed by atoms with E-state index in [0.29, 0.717) is 17.0 Å². The Morgan fingerprint density at radius 2 is 2.00 bits per heavy atom. The summed E-state index contributed by atoms with van der Waals surface area (Å²) in [6, 6.07) is 12.6. The van der Waals surface area contributed by atoms with Gasteiger partial charge in [0.2, 0.25) is 5.28 Å². The molecule has 0 radical (unpaired) electrons. The molecule has 1 aliphatic heterocycles. The summed E-state index contributed by atoms with van der Waals surface area (Å²) in [7, 11) is 0. The molecule has 1 aliphatic rings. The summed E-state index contributed by atoms with van der Waals surface area (Å²) in [5.41, 5.74) is 1.34. The average Bonchev–Trinajstić information content (AvgIpc) is 2.47. The van der Waals surface area contributed by atoms with Crippen molar-refractivity contribution < 1.29 is 0 Å². The van der Waals surface area contributed by atoms with E-state index < -0.39 is 0 Å². The van der Waals surface area contributed by atoms with Crippen LogP contribution in [-0.2, 0) is 6.54 Å². The van der Waals surface area contributed by atoms with E-state index in [1.165, 1.54) is 5.56 Å². The van der Waals surface area contributed by atoms with Crippen molar-refractivity contribution in [2.45, 2.75) is 25.4 Å². The molecule has 1 fully saturated rings. The van der Waals surface area contributed by atoms with Crippen LogP contribution in [0, 0.1) is 0 Å². The first-order chi connectivity index (χ1) is 10.7. The standard InChI is InChI=1S/C16H18Cl2N4/c17-14-9-15(21-16(18)20-14)19-13-7-4-8-22(11-13)10-12-5-2-1-3-6-12/h1-3,5-6,9,13H,4,7-8,10-11H2,(H,19,20,21). The van der Waals surface area contributed by atoms with Crippen molar-refractivity contribution in [2.75, 3.05) is 18.4 Å². The van der Waals surface area contributed by atoms with Crippen molar-refractivity contribution in [3.63, 3.8) is 0 Å². The van der Waals surface area contributed by atoms with Gasteiger partial charge in [0.1, 0.15) is 11.0 Å². The number of hydrogen-bond donors (Lipinski definition) is 1. The smallest absolute Gasteiger partial charge is 0.225 e. The molecule has 0 aliphatic carbocycles. The number of likely N-dealkylation sites (tertiary alicyclic amines) is 1. The minimum Gasteiger partial charge on any atom is -0.366 e. The third kappa shape index (κ3) is 4.32. The summed E-state index contributed by atoms with van der Waals surface area (Å²) in [6.07, 6.45) is 2.28. The highest BCUT2D eigenvalue weighted by atomic mass is 35.5. The molecule has 1 atom stereocenters. The largest absolute Gasteiger partial charge is 0.366 e. The predicted molar refractivity (Wildman–Crippen MR) is 90.4 cm³/mol. The molecule has 0 amide bonds. The van der Waals surface area contributed by atoms with Crippen molar-refractivity contribution in [1.82, 2.24) is 14.9 Å². The lowest BCUT2D eigenvalue weighted by molar-refractivity contribution is 0.208. The predicted octanol–water partition coefficient (Wildman–Crippen LogP) is 3.86. The molecule has 2 heterocycles. The van der Waals surface area contributed by atoms with Crippen LogP contribution in [0.1, 0.15) is 18.4 Å². The number of rotatable bonds is 4. The van der Waals surface area contributed by atoms with Crippen LogP contribution >= 0.6 is 23.2 Å². The number of nitrogens with one attached hydrogen (secondary N) is 1. The van der Waals surface area contributed by atoms with Crippen molar-refractivity contribution in [3.05, 3.63) is 52.4 Å². The minimum absolute atomic E-state index is 0.173. The molecular formula is C16H18Cl2N4. The third-order valence-corrected chi connectivity index (χ3v) is 4.14. The molecule has 116 valence electrons. The van der Waals surface area contributed by atoms with E-state index in [1.807, 2.05) is 6.07 Å². The average molecular weight is 337 g/mol. The molecule has 3 rings (SSSR count). The number of benzene rings is 1. The number of halogens is 2. The van der Waals surface area contributed by atoms with Gasteiger partial charge in [-0.2, -0.15) is 0 Å². The Labute approximate surface area is 140 Å². The van der Waals surface area contributed by atoms with Crippen molar-refractivity contribution >= 4 is 29.0 Å². The molecule has 1 aromatic heterocycles. The summed E-state index contributed by atoms with van der Waals surface area (Å²) >= 11 is 11.8. The molecule has 1 N–H and O–H groups in total. The summed E-state index contributed by atoms with van der Waals surface area (Å²) < 4.78 is 0. The second kappa shape index (κ2) is 7.27. The SMILES string of the molecule is Clc1cc(NC2CCCN(Cc3ccccc3)C2)nc(Cl)n1. The Morgan fingerprint density at radius 1 is 1.18 bits per heavy atom. The van der Waals surface area contributed by atoms with Crippen LogP contribution in [0.3, 0.4) is 0 Å². The summed E-state index contributed by atoms with van der Waals surface area (Å²) in [6.45, 7) is 3.08. The van der Waals surface area contributed by atoms with Gasteiger partial charge in [-0.25, -0.2) is 9.97 Å². The van der Waals surface area contributed by atoms with Crippen molar-refractivity contribution in [3.8, 4) is 0 Å². The third-order valence-electron chi connectivity index (χ3n) is 3.77. The molecule has 2 aromatic rings. The second-order valence-corrected chi connectivity index (χ2v) is 6.27. The fourth-order valence-corrected chi connectivity index (χ4v) is 3.24. The van der Waals surface area contributed by atoms with Crippen LogP contribution < -0.4 is 5.32 Å². The van der Waals surface area contributed by atoms with E-state index in [1.54, 1.807) is 6.07 Å². The number of hydrogen-bond acceptors (Lipinski definition) is 4. The fourth-order valence-electron chi connectivity index (χ4n) is 2.83. The van der Waals surface area contributed by atoms with Gasteiger partial charge in [0.05, 0.1) is 0 Å². The summed E-state index contributed by atoms with van der Waals surface area (Å²) in [5.74, 6) is 0.691. The zero-order valence-corrected chi connectivity index (χ0v) is 13.7. The Hall–Kier alpha value is -1.36. The highest BCUT2D eigenvalue weighted by Crippen LogP contribution is 2.19. The highest BCUT2D eigenvalue weighted by Gasteiger charge is 2.20. The molecule has 1 unspecified atom stereocenters. The van der Waals surface area contributed by atoms with Gasteiger partial charge in [-0.05, 0) is 36.6 Å². The number of anilines is 1. The number of nitrogens with zero attached hydrogens (tertiary/aromatic N) is 3. The Bertz CT molecular complexity index is 601. The van der Waals surface area contributed by atoms with E-state index in [2.05, 4.69) is 44.5 Å². The monoisotopic (exact) mass is 336 g/mol. The van der Waals surface area contributed by atoms with Crippen molar-refractivity contribution in [2.24, 2.45) is 0 Å². The molecule has 22 heavy (non-hydrogen) atoms. The van der Waals surface area contributed by atoms with Gasteiger partial charge < -0.3 is 5.32 Å². The normalized spacial score (nSPS) is 19.1. The van der Waals surface area contributed by atoms with Crippen LogP contribution in [0.4, 0.5) is 5.82 Å². The van der Waals surface area contributed by atoms with Crippen LogP contribution in [0.2, 0.25) is 10.4 Å². The zero-order valence-electron chi connectivity index (χ0n) is 12.2. The van der Waals surface area contributed by atoms with Crippen LogP contribution in [0.5, 0.6) is 0 Å². The molecule has 1 saturated heterocycles. The first kappa shape index (κ1) is 15.5. The maximum absolute atomic E-state index is 5.92. The molecule has 6 heteroatoms. The lowest BCUT2D eigenvalue weighted by Gasteiger charge is -2.33. The Kier molecular flexibility index (Phi) is 5.13. The number of piperidine rings is 1. The summed E-state index contributed by atoms with van der Waals surface area (Å²) in [4.78, 5) is 10.5. The van der Waals surface area contributed by atoms with Crippen LogP contribution in [0.25, 0.3) is 0 Å². The first-order valence-corrected chi connectivity index (χ1v) is 8.17. The van der Waals surface area contributed by atoms with Gasteiger partial charge in [0.15, 0.2) is 0 Å². The van der Waals surface area contributed by atoms with Gasteiger partial charge in [-0.1, -0.05) is 41.9 Å².